The number of amides is 2. The summed E-state index contributed by atoms with van der Waals surface area (Å²) < 4.78 is 5.86. The van der Waals surface area contributed by atoms with Crippen LogP contribution in [0.4, 0.5) is 10.5 Å². The van der Waals surface area contributed by atoms with E-state index in [1.165, 1.54) is 0 Å². The first-order valence-corrected chi connectivity index (χ1v) is 9.19. The van der Waals surface area contributed by atoms with Gasteiger partial charge in [0, 0.05) is 27.5 Å². The predicted molar refractivity (Wildman–Crippen MR) is 110 cm³/mol. The molecule has 0 spiro atoms. The van der Waals surface area contributed by atoms with E-state index in [-0.39, 0.29) is 12.1 Å². The smallest absolute Gasteiger partial charge is 0.319 e. The molecule has 0 aliphatic carbocycles. The topological polar surface area (TPSA) is 54.3 Å². The second-order valence-electron chi connectivity index (χ2n) is 6.64. The lowest BCUT2D eigenvalue weighted by Gasteiger charge is -2.15. The second-order valence-corrected chi connectivity index (χ2v) is 7.08. The average molecular weight is 379 g/mol. The summed E-state index contributed by atoms with van der Waals surface area (Å²) in [7, 11) is 0. The van der Waals surface area contributed by atoms with Crippen molar-refractivity contribution in [1.82, 2.24) is 5.32 Å². The van der Waals surface area contributed by atoms with Crippen LogP contribution >= 0.6 is 11.6 Å². The van der Waals surface area contributed by atoms with Gasteiger partial charge < -0.3 is 15.1 Å². The number of anilines is 1. The zero-order valence-electron chi connectivity index (χ0n) is 14.8. The van der Waals surface area contributed by atoms with E-state index in [4.69, 9.17) is 16.0 Å². The molecule has 136 valence electrons. The Morgan fingerprint density at radius 2 is 1.81 bits per heavy atom. The fraction of sp³-hybridized carbons (Fsp3) is 0.136. The van der Waals surface area contributed by atoms with E-state index >= 15 is 0 Å². The Morgan fingerprint density at radius 1 is 1.00 bits per heavy atom. The van der Waals surface area contributed by atoms with Crippen molar-refractivity contribution in [3.8, 4) is 0 Å². The van der Waals surface area contributed by atoms with E-state index in [2.05, 4.69) is 22.8 Å². The molecule has 0 saturated carbocycles. The first-order valence-electron chi connectivity index (χ1n) is 8.82. The van der Waals surface area contributed by atoms with E-state index in [1.54, 1.807) is 24.3 Å². The standard InChI is InChI=1S/C22H19ClN2O2/c1-14(24-22(26)25-17-6-4-5-16(23)13-17)11-15-9-10-21-19(12-15)18-7-2-3-8-20(18)27-21/h2-10,12-14H,11H2,1H3,(H2,24,25,26)/t14-/m0/s1. The molecule has 0 aliphatic heterocycles. The molecule has 27 heavy (non-hydrogen) atoms. The Bertz CT molecular complexity index is 1120. The molecular formula is C22H19ClN2O2. The zero-order chi connectivity index (χ0) is 18.8. The average Bonchev–Trinajstić information content (AvgIpc) is 2.99. The van der Waals surface area contributed by atoms with Crippen LogP contribution in [-0.4, -0.2) is 12.1 Å². The second kappa shape index (κ2) is 7.33. The van der Waals surface area contributed by atoms with Crippen LogP contribution in [0, 0.1) is 0 Å². The number of rotatable bonds is 4. The normalized spacial score (nSPS) is 12.2. The summed E-state index contributed by atoms with van der Waals surface area (Å²) in [6.45, 7) is 1.98. The van der Waals surface area contributed by atoms with Gasteiger partial charge in [0.05, 0.1) is 0 Å². The largest absolute Gasteiger partial charge is 0.456 e. The molecule has 1 heterocycles. The number of halogens is 1. The van der Waals surface area contributed by atoms with Gasteiger partial charge in [0.15, 0.2) is 0 Å². The van der Waals surface area contributed by atoms with Gasteiger partial charge in [0.25, 0.3) is 0 Å². The third-order valence-electron chi connectivity index (χ3n) is 4.44. The van der Waals surface area contributed by atoms with Crippen LogP contribution < -0.4 is 10.6 Å². The summed E-state index contributed by atoms with van der Waals surface area (Å²) in [5, 5.41) is 8.54. The molecule has 4 rings (SSSR count). The molecule has 0 bridgehead atoms. The molecule has 4 nitrogen and oxygen atoms in total. The van der Waals surface area contributed by atoms with E-state index < -0.39 is 0 Å². The van der Waals surface area contributed by atoms with Gasteiger partial charge in [0.2, 0.25) is 0 Å². The first-order chi connectivity index (χ1) is 13.1. The number of benzene rings is 3. The Balaban J connectivity index is 1.45. The van der Waals surface area contributed by atoms with Crippen LogP contribution in [0.15, 0.2) is 71.1 Å². The van der Waals surface area contributed by atoms with Crippen molar-refractivity contribution in [2.45, 2.75) is 19.4 Å². The molecule has 1 aromatic heterocycles. The van der Waals surface area contributed by atoms with Crippen molar-refractivity contribution in [3.05, 3.63) is 77.3 Å². The Morgan fingerprint density at radius 3 is 2.67 bits per heavy atom. The lowest BCUT2D eigenvalue weighted by atomic mass is 10.0. The van der Waals surface area contributed by atoms with Gasteiger partial charge in [-0.25, -0.2) is 4.79 Å². The van der Waals surface area contributed by atoms with Gasteiger partial charge in [-0.1, -0.05) is 41.9 Å². The maximum absolute atomic E-state index is 12.2. The predicted octanol–water partition coefficient (Wildman–Crippen LogP) is 5.99. The molecule has 1 atom stereocenters. The van der Waals surface area contributed by atoms with Crippen LogP contribution in [0.25, 0.3) is 21.9 Å². The van der Waals surface area contributed by atoms with Crippen molar-refractivity contribution in [2.24, 2.45) is 0 Å². The number of urea groups is 1. The number of hydrogen-bond acceptors (Lipinski definition) is 2. The van der Waals surface area contributed by atoms with Crippen LogP contribution in [-0.2, 0) is 6.42 Å². The molecule has 0 saturated heterocycles. The molecule has 0 unspecified atom stereocenters. The molecule has 0 radical (unpaired) electrons. The molecule has 2 amide bonds. The maximum atomic E-state index is 12.2. The Kier molecular flexibility index (Phi) is 4.73. The molecule has 0 aliphatic rings. The highest BCUT2D eigenvalue weighted by Gasteiger charge is 2.11. The van der Waals surface area contributed by atoms with Gasteiger partial charge >= 0.3 is 6.03 Å². The van der Waals surface area contributed by atoms with Gasteiger partial charge in [0.1, 0.15) is 11.2 Å². The van der Waals surface area contributed by atoms with Gasteiger partial charge in [-0.15, -0.1) is 0 Å². The summed E-state index contributed by atoms with van der Waals surface area (Å²) in [5.74, 6) is 0. The van der Waals surface area contributed by atoms with Gasteiger partial charge in [-0.2, -0.15) is 0 Å². The minimum Gasteiger partial charge on any atom is -0.456 e. The van der Waals surface area contributed by atoms with Crippen LogP contribution in [0.5, 0.6) is 0 Å². The monoisotopic (exact) mass is 378 g/mol. The lowest BCUT2D eigenvalue weighted by Crippen LogP contribution is -2.37. The molecule has 5 heteroatoms. The van der Waals surface area contributed by atoms with Crippen molar-refractivity contribution >= 4 is 45.3 Å². The van der Waals surface area contributed by atoms with E-state index in [9.17, 15) is 4.79 Å². The summed E-state index contributed by atoms with van der Waals surface area (Å²) in [4.78, 5) is 12.2. The molecule has 4 aromatic rings. The third-order valence-corrected chi connectivity index (χ3v) is 4.68. The SMILES string of the molecule is C[C@@H](Cc1ccc2oc3ccccc3c2c1)NC(=O)Nc1cccc(Cl)c1. The van der Waals surface area contributed by atoms with Crippen LogP contribution in [0.3, 0.4) is 0 Å². The van der Waals surface area contributed by atoms with Gasteiger partial charge in [-0.3, -0.25) is 0 Å². The Hall–Kier alpha value is -2.98. The minimum absolute atomic E-state index is 0.0280. The van der Waals surface area contributed by atoms with E-state index in [0.29, 0.717) is 10.7 Å². The van der Waals surface area contributed by atoms with Crippen molar-refractivity contribution in [3.63, 3.8) is 0 Å². The molecule has 3 aromatic carbocycles. The summed E-state index contributed by atoms with van der Waals surface area (Å²) in [6.07, 6.45) is 0.721. The minimum atomic E-state index is -0.250. The molecular weight excluding hydrogens is 360 g/mol. The van der Waals surface area contributed by atoms with Crippen molar-refractivity contribution in [2.75, 3.05) is 5.32 Å². The highest BCUT2D eigenvalue weighted by Crippen LogP contribution is 2.29. The number of furan rings is 1. The van der Waals surface area contributed by atoms with Gasteiger partial charge in [-0.05, 0) is 55.3 Å². The third kappa shape index (κ3) is 3.91. The number of nitrogens with one attached hydrogen (secondary N) is 2. The summed E-state index contributed by atoms with van der Waals surface area (Å²) >= 11 is 5.94. The van der Waals surface area contributed by atoms with Crippen molar-refractivity contribution in [1.29, 1.82) is 0 Å². The van der Waals surface area contributed by atoms with E-state index in [1.807, 2.05) is 37.3 Å². The lowest BCUT2D eigenvalue weighted by molar-refractivity contribution is 0.249. The van der Waals surface area contributed by atoms with Crippen molar-refractivity contribution < 1.29 is 9.21 Å². The molecule has 2 N–H and O–H groups in total. The maximum Gasteiger partial charge on any atom is 0.319 e. The van der Waals surface area contributed by atoms with Crippen LogP contribution in [0.2, 0.25) is 5.02 Å². The summed E-state index contributed by atoms with van der Waals surface area (Å²) in [6, 6.07) is 21.0. The first kappa shape index (κ1) is 17.4. The number of carbonyl (C=O) groups excluding carboxylic acids is 1. The number of fused-ring (bicyclic) bond motifs is 3. The zero-order valence-corrected chi connectivity index (χ0v) is 15.6. The number of carbonyl (C=O) groups is 1. The fourth-order valence-electron chi connectivity index (χ4n) is 3.26. The quantitative estimate of drug-likeness (QED) is 0.458. The molecule has 0 fully saturated rings. The van der Waals surface area contributed by atoms with Crippen LogP contribution in [0.1, 0.15) is 12.5 Å². The highest BCUT2D eigenvalue weighted by atomic mass is 35.5. The number of para-hydroxylation sites is 1. The summed E-state index contributed by atoms with van der Waals surface area (Å²) in [5.41, 5.74) is 3.57. The Labute approximate surface area is 162 Å². The highest BCUT2D eigenvalue weighted by molar-refractivity contribution is 6.30. The van der Waals surface area contributed by atoms with E-state index in [0.717, 1.165) is 33.9 Å². The fourth-order valence-corrected chi connectivity index (χ4v) is 3.45. The number of hydrogen-bond donors (Lipinski definition) is 2.